The third-order valence-electron chi connectivity index (χ3n) is 3.60. The molecule has 7 nitrogen and oxygen atoms in total. The van der Waals surface area contributed by atoms with E-state index in [2.05, 4.69) is 21.5 Å². The highest BCUT2D eigenvalue weighted by Gasteiger charge is 2.27. The number of ether oxygens (including phenoxy) is 1. The van der Waals surface area contributed by atoms with E-state index < -0.39 is 0 Å². The van der Waals surface area contributed by atoms with Gasteiger partial charge in [0.15, 0.2) is 5.69 Å². The van der Waals surface area contributed by atoms with E-state index in [1.807, 2.05) is 13.8 Å². The molecule has 0 amide bonds. The highest BCUT2D eigenvalue weighted by molar-refractivity contribution is 5.29. The van der Waals surface area contributed by atoms with E-state index in [4.69, 9.17) is 9.26 Å². The van der Waals surface area contributed by atoms with Crippen LogP contribution in [0.5, 0.6) is 0 Å². The van der Waals surface area contributed by atoms with Crippen molar-refractivity contribution in [2.45, 2.75) is 39.3 Å². The predicted octanol–water partition coefficient (Wildman–Crippen LogP) is 1.65. The number of aryl methyl sites for hydroxylation is 2. The van der Waals surface area contributed by atoms with Crippen molar-refractivity contribution < 1.29 is 9.26 Å². The lowest BCUT2D eigenvalue weighted by Crippen LogP contribution is -2.12. The van der Waals surface area contributed by atoms with E-state index in [9.17, 15) is 5.26 Å². The van der Waals surface area contributed by atoms with Crippen LogP contribution in [0.2, 0.25) is 0 Å². The number of nitriles is 1. The lowest BCUT2D eigenvalue weighted by atomic mass is 10.1. The van der Waals surface area contributed by atoms with Gasteiger partial charge in [0, 0.05) is 12.2 Å². The minimum absolute atomic E-state index is 0.0971. The molecule has 7 heteroatoms. The van der Waals surface area contributed by atoms with Gasteiger partial charge in [-0.3, -0.25) is 0 Å². The van der Waals surface area contributed by atoms with Crippen LogP contribution in [0, 0.1) is 25.2 Å². The predicted molar refractivity (Wildman–Crippen MR) is 67.7 cm³/mol. The van der Waals surface area contributed by atoms with Gasteiger partial charge in [0.2, 0.25) is 0 Å². The van der Waals surface area contributed by atoms with Crippen LogP contribution in [0.4, 0.5) is 0 Å². The summed E-state index contributed by atoms with van der Waals surface area (Å²) in [6.45, 7) is 4.96. The van der Waals surface area contributed by atoms with Crippen LogP contribution >= 0.6 is 0 Å². The average Bonchev–Trinajstić information content (AvgIpc) is 3.14. The maximum atomic E-state index is 9.18. The molecule has 0 aromatic carbocycles. The van der Waals surface area contributed by atoms with Crippen LogP contribution in [0.3, 0.4) is 0 Å². The summed E-state index contributed by atoms with van der Waals surface area (Å²) in [6, 6.07) is 2.09. The minimum atomic E-state index is -0.0971. The third-order valence-corrected chi connectivity index (χ3v) is 3.60. The van der Waals surface area contributed by atoms with Crippen LogP contribution < -0.4 is 0 Å². The summed E-state index contributed by atoms with van der Waals surface area (Å²) in [4.78, 5) is 0. The standard InChI is InChI=1S/C13H15N5O2/c1-8-10(9(2)20-16-8)7-18-13(11(6-14)15-17-18)12-4-3-5-19-12/h12H,3-5,7H2,1-2H3. The summed E-state index contributed by atoms with van der Waals surface area (Å²) in [7, 11) is 0. The highest BCUT2D eigenvalue weighted by atomic mass is 16.5. The van der Waals surface area contributed by atoms with Crippen LogP contribution in [0.1, 0.15) is 47.4 Å². The van der Waals surface area contributed by atoms with Crippen molar-refractivity contribution in [2.24, 2.45) is 0 Å². The largest absolute Gasteiger partial charge is 0.372 e. The molecule has 1 atom stereocenters. The molecule has 0 saturated carbocycles. The topological polar surface area (TPSA) is 89.8 Å². The van der Waals surface area contributed by atoms with Gasteiger partial charge in [-0.2, -0.15) is 5.26 Å². The first-order chi connectivity index (χ1) is 9.70. The van der Waals surface area contributed by atoms with Gasteiger partial charge < -0.3 is 9.26 Å². The fraction of sp³-hybridized carbons (Fsp3) is 0.538. The van der Waals surface area contributed by atoms with Gasteiger partial charge in [-0.15, -0.1) is 5.10 Å². The van der Waals surface area contributed by atoms with E-state index in [1.54, 1.807) is 4.68 Å². The second kappa shape index (κ2) is 5.06. The molecule has 1 aliphatic rings. The summed E-state index contributed by atoms with van der Waals surface area (Å²) in [5.41, 5.74) is 2.89. The molecule has 0 bridgehead atoms. The minimum Gasteiger partial charge on any atom is -0.372 e. The van der Waals surface area contributed by atoms with Crippen LogP contribution in [0.25, 0.3) is 0 Å². The lowest BCUT2D eigenvalue weighted by Gasteiger charge is -2.11. The van der Waals surface area contributed by atoms with E-state index in [0.717, 1.165) is 35.6 Å². The molecule has 3 heterocycles. The van der Waals surface area contributed by atoms with Crippen molar-refractivity contribution in [3.05, 3.63) is 28.4 Å². The van der Waals surface area contributed by atoms with E-state index in [1.165, 1.54) is 0 Å². The first-order valence-electron chi connectivity index (χ1n) is 6.57. The Hall–Kier alpha value is -2.20. The molecule has 0 radical (unpaired) electrons. The quantitative estimate of drug-likeness (QED) is 0.844. The van der Waals surface area contributed by atoms with E-state index >= 15 is 0 Å². The molecule has 1 unspecified atom stereocenters. The van der Waals surface area contributed by atoms with Crippen molar-refractivity contribution in [2.75, 3.05) is 6.61 Å². The average molecular weight is 273 g/mol. The zero-order chi connectivity index (χ0) is 14.1. The van der Waals surface area contributed by atoms with E-state index in [-0.39, 0.29) is 6.10 Å². The number of nitrogens with zero attached hydrogens (tertiary/aromatic N) is 5. The number of aromatic nitrogens is 4. The monoisotopic (exact) mass is 273 g/mol. The molecule has 0 spiro atoms. The van der Waals surface area contributed by atoms with Crippen molar-refractivity contribution in [3.8, 4) is 6.07 Å². The Bertz CT molecular complexity index is 641. The van der Waals surface area contributed by atoms with Crippen molar-refractivity contribution in [1.82, 2.24) is 20.2 Å². The molecule has 0 N–H and O–H groups in total. The summed E-state index contributed by atoms with van der Waals surface area (Å²) >= 11 is 0. The molecule has 1 fully saturated rings. The molecule has 2 aromatic heterocycles. The fourth-order valence-electron chi connectivity index (χ4n) is 2.51. The Morgan fingerprint density at radius 1 is 1.45 bits per heavy atom. The van der Waals surface area contributed by atoms with Gasteiger partial charge in [0.05, 0.1) is 12.2 Å². The van der Waals surface area contributed by atoms with Gasteiger partial charge >= 0.3 is 0 Å². The Morgan fingerprint density at radius 3 is 2.90 bits per heavy atom. The van der Waals surface area contributed by atoms with Crippen molar-refractivity contribution in [3.63, 3.8) is 0 Å². The normalized spacial score (nSPS) is 18.4. The second-order valence-corrected chi connectivity index (χ2v) is 4.90. The van der Waals surface area contributed by atoms with E-state index in [0.29, 0.717) is 18.8 Å². The van der Waals surface area contributed by atoms with Crippen LogP contribution in [0.15, 0.2) is 4.52 Å². The first kappa shape index (κ1) is 12.8. The maximum absolute atomic E-state index is 9.18. The smallest absolute Gasteiger partial charge is 0.188 e. The van der Waals surface area contributed by atoms with Gasteiger partial charge in [0.1, 0.15) is 23.6 Å². The summed E-state index contributed by atoms with van der Waals surface area (Å²) in [5.74, 6) is 0.759. The summed E-state index contributed by atoms with van der Waals surface area (Å²) in [5, 5.41) is 21.1. The molecular weight excluding hydrogens is 258 g/mol. The van der Waals surface area contributed by atoms with Crippen molar-refractivity contribution in [1.29, 1.82) is 5.26 Å². The molecular formula is C13H15N5O2. The van der Waals surface area contributed by atoms with Crippen LogP contribution in [-0.4, -0.2) is 26.8 Å². The van der Waals surface area contributed by atoms with Gasteiger partial charge in [0.25, 0.3) is 0 Å². The Morgan fingerprint density at radius 2 is 2.30 bits per heavy atom. The fourth-order valence-corrected chi connectivity index (χ4v) is 2.51. The zero-order valence-electron chi connectivity index (χ0n) is 11.5. The molecule has 1 aliphatic heterocycles. The first-order valence-corrected chi connectivity index (χ1v) is 6.57. The number of hydrogen-bond donors (Lipinski definition) is 0. The zero-order valence-corrected chi connectivity index (χ0v) is 11.5. The summed E-state index contributed by atoms with van der Waals surface area (Å²) in [6.07, 6.45) is 1.79. The molecule has 20 heavy (non-hydrogen) atoms. The van der Waals surface area contributed by atoms with Gasteiger partial charge in [-0.25, -0.2) is 4.68 Å². The Kier molecular flexibility index (Phi) is 3.24. The molecule has 0 aliphatic carbocycles. The maximum Gasteiger partial charge on any atom is 0.188 e. The number of hydrogen-bond acceptors (Lipinski definition) is 6. The summed E-state index contributed by atoms with van der Waals surface area (Å²) < 4.78 is 12.6. The molecule has 1 saturated heterocycles. The van der Waals surface area contributed by atoms with Crippen molar-refractivity contribution >= 4 is 0 Å². The molecule has 3 rings (SSSR count). The van der Waals surface area contributed by atoms with Gasteiger partial charge in [-0.05, 0) is 26.7 Å². The molecule has 2 aromatic rings. The lowest BCUT2D eigenvalue weighted by molar-refractivity contribution is 0.104. The Balaban J connectivity index is 1.98. The Labute approximate surface area is 116 Å². The second-order valence-electron chi connectivity index (χ2n) is 4.90. The third kappa shape index (κ3) is 2.08. The highest BCUT2D eigenvalue weighted by Crippen LogP contribution is 2.30. The van der Waals surface area contributed by atoms with Crippen LogP contribution in [-0.2, 0) is 11.3 Å². The number of rotatable bonds is 3. The molecule has 104 valence electrons. The van der Waals surface area contributed by atoms with Gasteiger partial charge in [-0.1, -0.05) is 10.4 Å². The SMILES string of the molecule is Cc1noc(C)c1Cn1nnc(C#N)c1C1CCCO1.